The van der Waals surface area contributed by atoms with Gasteiger partial charge in [0.15, 0.2) is 5.78 Å². The molecule has 0 amide bonds. The van der Waals surface area contributed by atoms with Gasteiger partial charge in [-0.1, -0.05) is 102 Å². The molecule has 3 aromatic rings. The van der Waals surface area contributed by atoms with Gasteiger partial charge in [0.1, 0.15) is 12.4 Å². The third-order valence-corrected chi connectivity index (χ3v) is 7.33. The first-order valence-corrected chi connectivity index (χ1v) is 11.0. The Labute approximate surface area is 184 Å². The second kappa shape index (κ2) is 9.67. The lowest BCUT2D eigenvalue weighted by atomic mass is 10.0. The van der Waals surface area contributed by atoms with E-state index >= 15 is 0 Å². The summed E-state index contributed by atoms with van der Waals surface area (Å²) in [5.41, 5.74) is 2.65. The molecule has 0 bridgehead atoms. The van der Waals surface area contributed by atoms with Gasteiger partial charge in [0.25, 0.3) is 0 Å². The van der Waals surface area contributed by atoms with E-state index in [-0.39, 0.29) is 10.6 Å². The zero-order valence-corrected chi connectivity index (χ0v) is 19.1. The highest BCUT2D eigenvalue weighted by atomic mass is 79.9. The molecule has 3 rings (SSSR count). The van der Waals surface area contributed by atoms with Crippen LogP contribution in [0.4, 0.5) is 0 Å². The van der Waals surface area contributed by atoms with Gasteiger partial charge in [-0.25, -0.2) is 0 Å². The molecule has 0 saturated carbocycles. The number of carbonyl (C=O) groups excluding carboxylic acids is 1. The third-order valence-electron chi connectivity index (χ3n) is 4.09. The number of ether oxygens (including phenoxy) is 1. The molecule has 0 fully saturated rings. The van der Waals surface area contributed by atoms with Gasteiger partial charge in [0.2, 0.25) is 0 Å². The average molecular weight is 553 g/mol. The molecule has 3 aromatic carbocycles. The van der Waals surface area contributed by atoms with Crippen LogP contribution in [0.15, 0.2) is 83.3 Å². The van der Waals surface area contributed by atoms with Crippen molar-refractivity contribution in [1.82, 2.24) is 0 Å². The summed E-state index contributed by atoms with van der Waals surface area (Å²) < 4.78 is 6.94. The first-order valence-electron chi connectivity index (χ1n) is 8.40. The quantitative estimate of drug-likeness (QED) is 0.231. The Morgan fingerprint density at radius 1 is 0.852 bits per heavy atom. The molecule has 0 N–H and O–H groups in total. The SMILES string of the molecule is O=C(c1ccccc1OCc1ccccc1)[C@H](Br)[C@H](Br)c1ccc(Br)cc1. The summed E-state index contributed by atoms with van der Waals surface area (Å²) in [6.07, 6.45) is 0. The number of rotatable bonds is 7. The van der Waals surface area contributed by atoms with Gasteiger partial charge < -0.3 is 4.74 Å². The fourth-order valence-electron chi connectivity index (χ4n) is 2.63. The summed E-state index contributed by atoms with van der Waals surface area (Å²) in [4.78, 5) is 12.5. The molecule has 0 unspecified atom stereocenters. The van der Waals surface area contributed by atoms with Crippen LogP contribution in [0.25, 0.3) is 0 Å². The first-order chi connectivity index (χ1) is 13.1. The Hall–Kier alpha value is -1.43. The van der Waals surface area contributed by atoms with Crippen molar-refractivity contribution in [3.8, 4) is 5.75 Å². The van der Waals surface area contributed by atoms with E-state index in [1.807, 2.05) is 72.8 Å². The molecule has 0 radical (unpaired) electrons. The van der Waals surface area contributed by atoms with E-state index in [9.17, 15) is 4.79 Å². The monoisotopic (exact) mass is 550 g/mol. The van der Waals surface area contributed by atoms with Crippen LogP contribution in [-0.2, 0) is 6.61 Å². The second-order valence-electron chi connectivity index (χ2n) is 5.99. The molecular weight excluding hydrogens is 536 g/mol. The van der Waals surface area contributed by atoms with Crippen LogP contribution in [0, 0.1) is 0 Å². The number of Topliss-reactive ketones (excluding diaryl/α,β-unsaturated/α-hetero) is 1. The maximum absolute atomic E-state index is 13.1. The standard InChI is InChI=1S/C22H17Br3O2/c23-17-12-10-16(11-13-17)20(24)21(25)22(26)18-8-4-5-9-19(18)27-14-15-6-2-1-3-7-15/h1-13,20-21H,14H2/t20-,21-/m1/s1. The highest BCUT2D eigenvalue weighted by Gasteiger charge is 2.28. The Morgan fingerprint density at radius 2 is 1.48 bits per heavy atom. The summed E-state index contributed by atoms with van der Waals surface area (Å²) in [5, 5.41) is 0. The van der Waals surface area contributed by atoms with Crippen molar-refractivity contribution in [2.24, 2.45) is 0 Å². The van der Waals surface area contributed by atoms with E-state index in [2.05, 4.69) is 47.8 Å². The molecule has 0 aliphatic heterocycles. The lowest BCUT2D eigenvalue weighted by molar-refractivity contribution is 0.0986. The largest absolute Gasteiger partial charge is 0.488 e. The Balaban J connectivity index is 1.76. The van der Waals surface area contributed by atoms with Crippen molar-refractivity contribution in [1.29, 1.82) is 0 Å². The number of para-hydroxylation sites is 1. The second-order valence-corrected chi connectivity index (χ2v) is 8.88. The van der Waals surface area contributed by atoms with Gasteiger partial charge in [-0.05, 0) is 35.4 Å². The number of benzene rings is 3. The van der Waals surface area contributed by atoms with Crippen LogP contribution in [0.3, 0.4) is 0 Å². The van der Waals surface area contributed by atoms with Crippen LogP contribution >= 0.6 is 47.8 Å². The molecule has 2 atom stereocenters. The predicted octanol–water partition coefficient (Wildman–Crippen LogP) is 7.11. The van der Waals surface area contributed by atoms with Gasteiger partial charge in [0, 0.05) is 4.47 Å². The van der Waals surface area contributed by atoms with E-state index in [1.165, 1.54) is 0 Å². The number of hydrogen-bond donors (Lipinski definition) is 0. The molecule has 0 saturated heterocycles. The maximum atomic E-state index is 13.1. The van der Waals surface area contributed by atoms with Gasteiger partial charge in [-0.3, -0.25) is 4.79 Å². The molecule has 27 heavy (non-hydrogen) atoms. The predicted molar refractivity (Wildman–Crippen MR) is 120 cm³/mol. The fourth-order valence-corrected chi connectivity index (χ4v) is 3.99. The van der Waals surface area contributed by atoms with Crippen LogP contribution in [0.1, 0.15) is 26.3 Å². The Bertz CT molecular complexity index is 895. The number of halogens is 3. The molecule has 0 spiro atoms. The van der Waals surface area contributed by atoms with Crippen molar-refractivity contribution in [2.45, 2.75) is 16.3 Å². The van der Waals surface area contributed by atoms with E-state index < -0.39 is 4.83 Å². The van der Waals surface area contributed by atoms with E-state index in [0.29, 0.717) is 17.9 Å². The maximum Gasteiger partial charge on any atom is 0.181 e. The molecular formula is C22H17Br3O2. The number of carbonyl (C=O) groups is 1. The van der Waals surface area contributed by atoms with E-state index in [0.717, 1.165) is 15.6 Å². The van der Waals surface area contributed by atoms with Gasteiger partial charge in [-0.15, -0.1) is 0 Å². The zero-order chi connectivity index (χ0) is 19.2. The van der Waals surface area contributed by atoms with Gasteiger partial charge >= 0.3 is 0 Å². The lowest BCUT2D eigenvalue weighted by Crippen LogP contribution is -2.20. The number of alkyl halides is 2. The highest BCUT2D eigenvalue weighted by Crippen LogP contribution is 2.35. The Kier molecular flexibility index (Phi) is 7.27. The molecule has 5 heteroatoms. The number of ketones is 1. The molecule has 0 heterocycles. The Morgan fingerprint density at radius 3 is 2.19 bits per heavy atom. The number of hydrogen-bond acceptors (Lipinski definition) is 2. The molecule has 138 valence electrons. The minimum absolute atomic E-state index is 0.0246. The van der Waals surface area contributed by atoms with Crippen molar-refractivity contribution < 1.29 is 9.53 Å². The highest BCUT2D eigenvalue weighted by molar-refractivity contribution is 9.12. The van der Waals surface area contributed by atoms with Crippen LogP contribution < -0.4 is 4.74 Å². The van der Waals surface area contributed by atoms with Crippen LogP contribution in [0.5, 0.6) is 5.75 Å². The van der Waals surface area contributed by atoms with E-state index in [1.54, 1.807) is 6.07 Å². The minimum Gasteiger partial charge on any atom is -0.488 e. The fraction of sp³-hybridized carbons (Fsp3) is 0.136. The smallest absolute Gasteiger partial charge is 0.181 e. The van der Waals surface area contributed by atoms with Crippen molar-refractivity contribution >= 4 is 53.6 Å². The topological polar surface area (TPSA) is 26.3 Å². The third kappa shape index (κ3) is 5.31. The van der Waals surface area contributed by atoms with Crippen LogP contribution in [-0.4, -0.2) is 10.6 Å². The van der Waals surface area contributed by atoms with Crippen molar-refractivity contribution in [3.05, 3.63) is 100 Å². The summed E-state index contributed by atoms with van der Waals surface area (Å²) in [6, 6.07) is 25.2. The molecule has 0 aromatic heterocycles. The summed E-state index contributed by atoms with van der Waals surface area (Å²) >= 11 is 10.7. The summed E-state index contributed by atoms with van der Waals surface area (Å²) in [5.74, 6) is 0.565. The molecule has 2 nitrogen and oxygen atoms in total. The van der Waals surface area contributed by atoms with Crippen LogP contribution in [0.2, 0.25) is 0 Å². The molecule has 0 aliphatic rings. The first kappa shape index (κ1) is 20.3. The normalized spacial score (nSPS) is 13.0. The van der Waals surface area contributed by atoms with Crippen molar-refractivity contribution in [3.63, 3.8) is 0 Å². The zero-order valence-electron chi connectivity index (χ0n) is 14.3. The van der Waals surface area contributed by atoms with Gasteiger partial charge in [-0.2, -0.15) is 0 Å². The molecule has 0 aliphatic carbocycles. The summed E-state index contributed by atoms with van der Waals surface area (Å²) in [7, 11) is 0. The van der Waals surface area contributed by atoms with Crippen molar-refractivity contribution in [2.75, 3.05) is 0 Å². The lowest BCUT2D eigenvalue weighted by Gasteiger charge is -2.18. The minimum atomic E-state index is -0.417. The summed E-state index contributed by atoms with van der Waals surface area (Å²) in [6.45, 7) is 0.419. The van der Waals surface area contributed by atoms with E-state index in [4.69, 9.17) is 4.74 Å². The average Bonchev–Trinajstić information content (AvgIpc) is 2.72. The van der Waals surface area contributed by atoms with Gasteiger partial charge in [0.05, 0.1) is 15.2 Å².